The van der Waals surface area contributed by atoms with Crippen LogP contribution in [0.25, 0.3) is 0 Å². The second-order valence-electron chi connectivity index (χ2n) is 7.52. The zero-order chi connectivity index (χ0) is 21.0. The number of ether oxygens (including phenoxy) is 2. The van der Waals surface area contributed by atoms with Crippen LogP contribution in [0.5, 0.6) is 11.5 Å². The molecule has 31 heavy (non-hydrogen) atoms. The van der Waals surface area contributed by atoms with Crippen molar-refractivity contribution < 1.29 is 14.3 Å². The predicted molar refractivity (Wildman–Crippen MR) is 120 cm³/mol. The Kier molecular flexibility index (Phi) is 5.31. The minimum atomic E-state index is -0.173. The first-order valence-electron chi connectivity index (χ1n) is 10.5. The van der Waals surface area contributed by atoms with Crippen LogP contribution in [0.3, 0.4) is 0 Å². The lowest BCUT2D eigenvalue weighted by molar-refractivity contribution is 0.102. The first kappa shape index (κ1) is 19.2. The minimum absolute atomic E-state index is 0.173. The lowest BCUT2D eigenvalue weighted by Crippen LogP contribution is -2.46. The third kappa shape index (κ3) is 4.26. The van der Waals surface area contributed by atoms with Gasteiger partial charge in [0, 0.05) is 49.3 Å². The highest BCUT2D eigenvalue weighted by Gasteiger charge is 2.19. The van der Waals surface area contributed by atoms with Gasteiger partial charge in [-0.25, -0.2) is 4.98 Å². The van der Waals surface area contributed by atoms with Crippen LogP contribution in [-0.4, -0.2) is 50.3 Å². The number of rotatable bonds is 4. The maximum absolute atomic E-state index is 12.6. The molecule has 2 aliphatic heterocycles. The van der Waals surface area contributed by atoms with E-state index in [4.69, 9.17) is 9.47 Å². The molecule has 158 valence electrons. The zero-order valence-corrected chi connectivity index (χ0v) is 17.2. The number of anilines is 3. The largest absolute Gasteiger partial charge is 0.486 e. The maximum atomic E-state index is 12.6. The van der Waals surface area contributed by atoms with Crippen LogP contribution in [0.1, 0.15) is 10.4 Å². The topological polar surface area (TPSA) is 66.9 Å². The molecule has 1 aromatic heterocycles. The van der Waals surface area contributed by atoms with E-state index in [1.807, 2.05) is 30.5 Å². The van der Waals surface area contributed by atoms with Crippen molar-refractivity contribution in [3.63, 3.8) is 0 Å². The number of hydrogen-bond acceptors (Lipinski definition) is 6. The Balaban J connectivity index is 1.19. The molecule has 7 nitrogen and oxygen atoms in total. The first-order chi connectivity index (χ1) is 15.3. The van der Waals surface area contributed by atoms with E-state index in [1.54, 1.807) is 18.2 Å². The van der Waals surface area contributed by atoms with E-state index < -0.39 is 0 Å². The van der Waals surface area contributed by atoms with E-state index in [0.29, 0.717) is 30.3 Å². The number of nitrogens with zero attached hydrogens (tertiary/aromatic N) is 3. The quantitative estimate of drug-likeness (QED) is 0.703. The van der Waals surface area contributed by atoms with E-state index in [2.05, 4.69) is 38.3 Å². The Morgan fingerprint density at radius 1 is 0.839 bits per heavy atom. The molecule has 7 heteroatoms. The average molecular weight is 416 g/mol. The number of benzene rings is 2. The lowest BCUT2D eigenvalue weighted by atomic mass is 10.1. The minimum Gasteiger partial charge on any atom is -0.486 e. The maximum Gasteiger partial charge on any atom is 0.255 e. The summed E-state index contributed by atoms with van der Waals surface area (Å²) in [5, 5.41) is 2.95. The van der Waals surface area contributed by atoms with Crippen LogP contribution in [0, 0.1) is 0 Å². The van der Waals surface area contributed by atoms with E-state index in [0.717, 1.165) is 43.4 Å². The molecule has 3 aromatic rings. The van der Waals surface area contributed by atoms with Gasteiger partial charge in [0.1, 0.15) is 19.0 Å². The van der Waals surface area contributed by atoms with Gasteiger partial charge in [-0.05, 0) is 54.6 Å². The van der Waals surface area contributed by atoms with Crippen molar-refractivity contribution in [2.24, 2.45) is 0 Å². The van der Waals surface area contributed by atoms with Gasteiger partial charge in [0.15, 0.2) is 11.5 Å². The highest BCUT2D eigenvalue weighted by molar-refractivity contribution is 6.04. The molecule has 1 fully saturated rings. The van der Waals surface area contributed by atoms with Crippen molar-refractivity contribution in [2.45, 2.75) is 0 Å². The second kappa shape index (κ2) is 8.55. The van der Waals surface area contributed by atoms with Gasteiger partial charge in [0.25, 0.3) is 5.91 Å². The molecule has 1 saturated heterocycles. The van der Waals surface area contributed by atoms with Gasteiger partial charge in [-0.2, -0.15) is 0 Å². The van der Waals surface area contributed by atoms with Gasteiger partial charge in [0.05, 0.1) is 0 Å². The molecule has 0 saturated carbocycles. The molecule has 0 bridgehead atoms. The third-order valence-corrected chi connectivity index (χ3v) is 5.55. The van der Waals surface area contributed by atoms with Crippen LogP contribution in [0.15, 0.2) is 66.9 Å². The van der Waals surface area contributed by atoms with Crippen LogP contribution in [-0.2, 0) is 0 Å². The smallest absolute Gasteiger partial charge is 0.255 e. The molecule has 3 heterocycles. The molecule has 1 N–H and O–H groups in total. The highest BCUT2D eigenvalue weighted by Crippen LogP contribution is 2.31. The van der Waals surface area contributed by atoms with Crippen molar-refractivity contribution in [3.8, 4) is 11.5 Å². The van der Waals surface area contributed by atoms with Gasteiger partial charge >= 0.3 is 0 Å². The summed E-state index contributed by atoms with van der Waals surface area (Å²) >= 11 is 0. The normalized spacial score (nSPS) is 15.5. The summed E-state index contributed by atoms with van der Waals surface area (Å²) in [6, 6.07) is 19.2. The van der Waals surface area contributed by atoms with E-state index in [-0.39, 0.29) is 5.91 Å². The number of amides is 1. The SMILES string of the molecule is O=C(Nc1ccc(N2CCN(c3ccccn3)CC2)cc1)c1ccc2c(c1)OCCO2. The van der Waals surface area contributed by atoms with E-state index in [9.17, 15) is 4.79 Å². The van der Waals surface area contributed by atoms with Crippen LogP contribution in [0.4, 0.5) is 17.2 Å². The third-order valence-electron chi connectivity index (χ3n) is 5.55. The fraction of sp³-hybridized carbons (Fsp3) is 0.250. The van der Waals surface area contributed by atoms with Crippen LogP contribution in [0.2, 0.25) is 0 Å². The molecule has 0 spiro atoms. The molecule has 0 aliphatic carbocycles. The number of piperazine rings is 1. The molecule has 0 radical (unpaired) electrons. The van der Waals surface area contributed by atoms with Crippen LogP contribution >= 0.6 is 0 Å². The number of pyridine rings is 1. The zero-order valence-electron chi connectivity index (χ0n) is 17.2. The van der Waals surface area contributed by atoms with Gasteiger partial charge in [-0.3, -0.25) is 4.79 Å². The molecule has 0 unspecified atom stereocenters. The van der Waals surface area contributed by atoms with Crippen LogP contribution < -0.4 is 24.6 Å². The Morgan fingerprint density at radius 3 is 2.32 bits per heavy atom. The Bertz CT molecular complexity index is 1050. The lowest BCUT2D eigenvalue weighted by Gasteiger charge is -2.36. The Hall–Kier alpha value is -3.74. The predicted octanol–water partition coefficient (Wildman–Crippen LogP) is 3.43. The van der Waals surface area contributed by atoms with Gasteiger partial charge in [0.2, 0.25) is 0 Å². The summed E-state index contributed by atoms with van der Waals surface area (Å²) in [7, 11) is 0. The van der Waals surface area contributed by atoms with Crippen molar-refractivity contribution in [1.29, 1.82) is 0 Å². The summed E-state index contributed by atoms with van der Waals surface area (Å²) < 4.78 is 11.1. The van der Waals surface area contributed by atoms with Gasteiger partial charge in [-0.15, -0.1) is 0 Å². The Labute approximate surface area is 181 Å². The molecular formula is C24H24N4O3. The number of nitrogens with one attached hydrogen (secondary N) is 1. The van der Waals surface area contributed by atoms with Gasteiger partial charge < -0.3 is 24.6 Å². The molecular weight excluding hydrogens is 392 g/mol. The number of aromatic nitrogens is 1. The molecule has 2 aromatic carbocycles. The molecule has 5 rings (SSSR count). The van der Waals surface area contributed by atoms with Crippen molar-refractivity contribution in [3.05, 3.63) is 72.4 Å². The number of carbonyl (C=O) groups is 1. The molecule has 0 atom stereocenters. The fourth-order valence-corrected chi connectivity index (χ4v) is 3.88. The average Bonchev–Trinajstić information content (AvgIpc) is 2.85. The molecule has 1 amide bonds. The van der Waals surface area contributed by atoms with Crippen molar-refractivity contribution in [1.82, 2.24) is 4.98 Å². The van der Waals surface area contributed by atoms with Gasteiger partial charge in [-0.1, -0.05) is 6.07 Å². The van der Waals surface area contributed by atoms with Crippen molar-refractivity contribution in [2.75, 3.05) is 54.5 Å². The monoisotopic (exact) mass is 416 g/mol. The van der Waals surface area contributed by atoms with E-state index in [1.165, 1.54) is 0 Å². The van der Waals surface area contributed by atoms with E-state index >= 15 is 0 Å². The molecule has 2 aliphatic rings. The summed E-state index contributed by atoms with van der Waals surface area (Å²) in [5.41, 5.74) is 2.45. The number of hydrogen-bond donors (Lipinski definition) is 1. The number of fused-ring (bicyclic) bond motifs is 1. The fourth-order valence-electron chi connectivity index (χ4n) is 3.88. The summed E-state index contributed by atoms with van der Waals surface area (Å²) in [5.74, 6) is 2.14. The highest BCUT2D eigenvalue weighted by atomic mass is 16.6. The summed E-state index contributed by atoms with van der Waals surface area (Å²) in [6.45, 7) is 4.75. The summed E-state index contributed by atoms with van der Waals surface area (Å²) in [6.07, 6.45) is 1.83. The van der Waals surface area contributed by atoms with Crippen molar-refractivity contribution >= 4 is 23.1 Å². The summed E-state index contributed by atoms with van der Waals surface area (Å²) in [4.78, 5) is 21.7. The standard InChI is InChI=1S/C24H24N4O3/c29-24(18-4-9-21-22(17-18)31-16-15-30-21)26-19-5-7-20(8-6-19)27-11-13-28(14-12-27)23-3-1-2-10-25-23/h1-10,17H,11-16H2,(H,26,29). The Morgan fingerprint density at radius 2 is 1.58 bits per heavy atom. The first-order valence-corrected chi connectivity index (χ1v) is 10.5. The second-order valence-corrected chi connectivity index (χ2v) is 7.52. The number of carbonyl (C=O) groups excluding carboxylic acids is 1.